The Morgan fingerprint density at radius 1 is 1.29 bits per heavy atom. The maximum Gasteiger partial charge on any atom is 0.309 e. The van der Waals surface area contributed by atoms with Crippen molar-refractivity contribution in [2.24, 2.45) is 5.92 Å². The van der Waals surface area contributed by atoms with Gasteiger partial charge in [-0.2, -0.15) is 0 Å². The van der Waals surface area contributed by atoms with E-state index in [9.17, 15) is 4.79 Å². The lowest BCUT2D eigenvalue weighted by atomic mass is 10.0. The zero-order valence-corrected chi connectivity index (χ0v) is 11.0. The summed E-state index contributed by atoms with van der Waals surface area (Å²) in [6.45, 7) is 7.51. The lowest BCUT2D eigenvalue weighted by molar-refractivity contribution is -0.159. The van der Waals surface area contributed by atoms with Crippen molar-refractivity contribution in [2.75, 3.05) is 5.73 Å². The van der Waals surface area contributed by atoms with Crippen LogP contribution in [0.2, 0.25) is 0 Å². The van der Waals surface area contributed by atoms with Crippen molar-refractivity contribution in [2.45, 2.75) is 39.7 Å². The molecule has 0 saturated carbocycles. The third kappa shape index (κ3) is 4.89. The maximum atomic E-state index is 11.8. The number of carbonyl (C=O) groups excluding carboxylic acids is 1. The lowest BCUT2D eigenvalue weighted by Crippen LogP contribution is -2.28. The van der Waals surface area contributed by atoms with Gasteiger partial charge in [-0.3, -0.25) is 4.79 Å². The van der Waals surface area contributed by atoms with E-state index < -0.39 is 5.60 Å². The molecule has 0 aromatic heterocycles. The summed E-state index contributed by atoms with van der Waals surface area (Å²) in [5.41, 5.74) is 7.01. The molecule has 0 saturated heterocycles. The second-order valence-electron chi connectivity index (χ2n) is 5.38. The van der Waals surface area contributed by atoms with E-state index in [1.165, 1.54) is 0 Å². The van der Waals surface area contributed by atoms with Crippen molar-refractivity contribution < 1.29 is 9.53 Å². The Balaban J connectivity index is 2.57. The third-order valence-electron chi connectivity index (χ3n) is 2.33. The van der Waals surface area contributed by atoms with Gasteiger partial charge in [0.2, 0.25) is 0 Å². The average molecular weight is 235 g/mol. The van der Waals surface area contributed by atoms with Crippen LogP contribution in [0.5, 0.6) is 0 Å². The molecule has 3 heteroatoms. The molecule has 0 bridgehead atoms. The van der Waals surface area contributed by atoms with Crippen molar-refractivity contribution >= 4 is 11.7 Å². The molecule has 0 aliphatic heterocycles. The first-order valence-corrected chi connectivity index (χ1v) is 5.85. The minimum Gasteiger partial charge on any atom is -0.460 e. The van der Waals surface area contributed by atoms with Gasteiger partial charge in [0.25, 0.3) is 0 Å². The second-order valence-corrected chi connectivity index (χ2v) is 5.38. The van der Waals surface area contributed by atoms with Gasteiger partial charge < -0.3 is 10.5 Å². The molecule has 0 aliphatic rings. The zero-order chi connectivity index (χ0) is 13.1. The van der Waals surface area contributed by atoms with E-state index in [0.29, 0.717) is 6.42 Å². The van der Waals surface area contributed by atoms with Crippen molar-refractivity contribution in [1.29, 1.82) is 0 Å². The first kappa shape index (κ1) is 13.6. The number of nitrogens with two attached hydrogens (primary N) is 1. The SMILES string of the molecule is CC(Cc1ccc(N)cc1)C(=O)OC(C)(C)C. The molecule has 94 valence electrons. The Kier molecular flexibility index (Phi) is 4.16. The molecule has 3 nitrogen and oxygen atoms in total. The van der Waals surface area contributed by atoms with Crippen LogP contribution in [0.3, 0.4) is 0 Å². The molecule has 1 aromatic rings. The summed E-state index contributed by atoms with van der Waals surface area (Å²) in [7, 11) is 0. The van der Waals surface area contributed by atoms with Crippen LogP contribution in [-0.4, -0.2) is 11.6 Å². The summed E-state index contributed by atoms with van der Waals surface area (Å²) in [5.74, 6) is -0.299. The largest absolute Gasteiger partial charge is 0.460 e. The fraction of sp³-hybridized carbons (Fsp3) is 0.500. The normalized spacial score (nSPS) is 13.2. The molecule has 0 fully saturated rings. The first-order chi connectivity index (χ1) is 7.78. The standard InChI is InChI=1S/C14H21NO2/c1-10(13(16)17-14(2,3)4)9-11-5-7-12(15)8-6-11/h5-8,10H,9,15H2,1-4H3. The summed E-state index contributed by atoms with van der Waals surface area (Å²) in [5, 5.41) is 0. The molecule has 0 spiro atoms. The Morgan fingerprint density at radius 2 is 1.82 bits per heavy atom. The number of benzene rings is 1. The molecule has 1 atom stereocenters. The third-order valence-corrected chi connectivity index (χ3v) is 2.33. The van der Waals surface area contributed by atoms with Gasteiger partial charge in [0.15, 0.2) is 0 Å². The van der Waals surface area contributed by atoms with Crippen LogP contribution in [0.25, 0.3) is 0 Å². The predicted octanol–water partition coefficient (Wildman–Crippen LogP) is 2.79. The van der Waals surface area contributed by atoms with E-state index in [-0.39, 0.29) is 11.9 Å². The van der Waals surface area contributed by atoms with E-state index in [0.717, 1.165) is 11.3 Å². The molecule has 0 aliphatic carbocycles. The summed E-state index contributed by atoms with van der Waals surface area (Å²) in [6.07, 6.45) is 0.676. The quantitative estimate of drug-likeness (QED) is 0.647. The first-order valence-electron chi connectivity index (χ1n) is 5.85. The highest BCUT2D eigenvalue weighted by atomic mass is 16.6. The Bertz CT molecular complexity index is 376. The number of anilines is 1. The van der Waals surface area contributed by atoms with E-state index in [1.807, 2.05) is 52.0 Å². The fourth-order valence-corrected chi connectivity index (χ4v) is 1.49. The summed E-state index contributed by atoms with van der Waals surface area (Å²) < 4.78 is 5.33. The molecule has 2 N–H and O–H groups in total. The van der Waals surface area contributed by atoms with Gasteiger partial charge in [0.05, 0.1) is 5.92 Å². The predicted molar refractivity (Wildman–Crippen MR) is 69.6 cm³/mol. The summed E-state index contributed by atoms with van der Waals surface area (Å²) in [4.78, 5) is 11.8. The Labute approximate surface area is 103 Å². The molecule has 17 heavy (non-hydrogen) atoms. The summed E-state index contributed by atoms with van der Waals surface area (Å²) >= 11 is 0. The second kappa shape index (κ2) is 5.21. The van der Waals surface area contributed by atoms with E-state index in [2.05, 4.69) is 0 Å². The molecule has 1 unspecified atom stereocenters. The highest BCUT2D eigenvalue weighted by Gasteiger charge is 2.21. The van der Waals surface area contributed by atoms with E-state index in [4.69, 9.17) is 10.5 Å². The van der Waals surface area contributed by atoms with Crippen LogP contribution in [0.15, 0.2) is 24.3 Å². The number of hydrogen-bond donors (Lipinski definition) is 1. The number of carbonyl (C=O) groups is 1. The van der Waals surface area contributed by atoms with Crippen LogP contribution < -0.4 is 5.73 Å². The van der Waals surface area contributed by atoms with E-state index in [1.54, 1.807) is 0 Å². The van der Waals surface area contributed by atoms with Crippen molar-refractivity contribution in [3.63, 3.8) is 0 Å². The monoisotopic (exact) mass is 235 g/mol. The van der Waals surface area contributed by atoms with Crippen molar-refractivity contribution in [1.82, 2.24) is 0 Å². The number of rotatable bonds is 3. The van der Waals surface area contributed by atoms with Gasteiger partial charge >= 0.3 is 5.97 Å². The van der Waals surface area contributed by atoms with Crippen LogP contribution in [0.1, 0.15) is 33.3 Å². The molecular weight excluding hydrogens is 214 g/mol. The van der Waals surface area contributed by atoms with Crippen molar-refractivity contribution in [3.8, 4) is 0 Å². The molecular formula is C14H21NO2. The van der Waals surface area contributed by atoms with E-state index >= 15 is 0 Å². The van der Waals surface area contributed by atoms with Gasteiger partial charge in [-0.15, -0.1) is 0 Å². The Hall–Kier alpha value is -1.51. The number of ether oxygens (including phenoxy) is 1. The minimum atomic E-state index is -0.424. The number of esters is 1. The van der Waals surface area contributed by atoms with Gasteiger partial charge in [-0.1, -0.05) is 19.1 Å². The lowest BCUT2D eigenvalue weighted by Gasteiger charge is -2.22. The molecule has 0 amide bonds. The maximum absolute atomic E-state index is 11.8. The van der Waals surface area contributed by atoms with Gasteiger partial charge in [-0.05, 0) is 44.9 Å². The number of nitrogen functional groups attached to an aromatic ring is 1. The Morgan fingerprint density at radius 3 is 2.29 bits per heavy atom. The van der Waals surface area contributed by atoms with Crippen molar-refractivity contribution in [3.05, 3.63) is 29.8 Å². The zero-order valence-electron chi connectivity index (χ0n) is 11.0. The molecule has 1 aromatic carbocycles. The molecule has 1 rings (SSSR count). The topological polar surface area (TPSA) is 52.3 Å². The average Bonchev–Trinajstić information content (AvgIpc) is 2.19. The van der Waals surface area contributed by atoms with Crippen LogP contribution >= 0.6 is 0 Å². The highest BCUT2D eigenvalue weighted by Crippen LogP contribution is 2.16. The highest BCUT2D eigenvalue weighted by molar-refractivity contribution is 5.72. The minimum absolute atomic E-state index is 0.141. The smallest absolute Gasteiger partial charge is 0.309 e. The fourth-order valence-electron chi connectivity index (χ4n) is 1.49. The number of hydrogen-bond acceptors (Lipinski definition) is 3. The van der Waals surface area contributed by atoms with Crippen LogP contribution in [0, 0.1) is 5.92 Å². The summed E-state index contributed by atoms with van der Waals surface area (Å²) in [6, 6.07) is 7.57. The molecule has 0 heterocycles. The van der Waals surface area contributed by atoms with Gasteiger partial charge in [-0.25, -0.2) is 0 Å². The van der Waals surface area contributed by atoms with Gasteiger partial charge in [0, 0.05) is 5.69 Å². The molecule has 0 radical (unpaired) electrons. The van der Waals surface area contributed by atoms with Crippen LogP contribution in [0.4, 0.5) is 5.69 Å². The van der Waals surface area contributed by atoms with Gasteiger partial charge in [0.1, 0.15) is 5.60 Å². The van der Waals surface area contributed by atoms with Crippen LogP contribution in [-0.2, 0) is 16.0 Å².